The normalized spacial score (nSPS) is 11.3. The molecule has 0 atom stereocenters. The summed E-state index contributed by atoms with van der Waals surface area (Å²) in [6, 6.07) is 14.0. The van der Waals surface area contributed by atoms with Gasteiger partial charge >= 0.3 is 10.1 Å². The monoisotopic (exact) mass is 547 g/mol. The second kappa shape index (κ2) is 10.4. The molecular formula is C22H18BrN3O7S. The lowest BCUT2D eigenvalue weighted by Crippen LogP contribution is -2.18. The first kappa shape index (κ1) is 24.9. The summed E-state index contributed by atoms with van der Waals surface area (Å²) in [6.07, 6.45) is 1.37. The number of carbonyl (C=O) groups excluding carboxylic acids is 1. The summed E-state index contributed by atoms with van der Waals surface area (Å²) < 4.78 is 35.6. The van der Waals surface area contributed by atoms with Crippen molar-refractivity contribution in [1.82, 2.24) is 5.43 Å². The summed E-state index contributed by atoms with van der Waals surface area (Å²) >= 11 is 3.24. The van der Waals surface area contributed by atoms with E-state index < -0.39 is 20.9 Å². The van der Waals surface area contributed by atoms with Gasteiger partial charge in [-0.3, -0.25) is 14.9 Å². The molecule has 3 aromatic rings. The first-order chi connectivity index (χ1) is 16.1. The Morgan fingerprint density at radius 3 is 2.41 bits per heavy atom. The van der Waals surface area contributed by atoms with Gasteiger partial charge in [0.25, 0.3) is 11.6 Å². The molecule has 0 saturated heterocycles. The maximum atomic E-state index is 12.5. The van der Waals surface area contributed by atoms with E-state index in [-0.39, 0.29) is 16.3 Å². The molecule has 34 heavy (non-hydrogen) atoms. The Morgan fingerprint density at radius 1 is 1.09 bits per heavy atom. The topological polar surface area (TPSA) is 137 Å². The minimum atomic E-state index is -4.21. The molecule has 0 fully saturated rings. The number of rotatable bonds is 8. The summed E-state index contributed by atoms with van der Waals surface area (Å²) in [5.74, 6) is -0.0311. The Kier molecular flexibility index (Phi) is 7.64. The van der Waals surface area contributed by atoms with Crippen LogP contribution in [0.4, 0.5) is 5.69 Å². The van der Waals surface area contributed by atoms with Crippen molar-refractivity contribution in [2.24, 2.45) is 5.10 Å². The van der Waals surface area contributed by atoms with Gasteiger partial charge in [0.05, 0.1) is 28.3 Å². The predicted molar refractivity (Wildman–Crippen MR) is 128 cm³/mol. The molecule has 0 spiro atoms. The van der Waals surface area contributed by atoms with Crippen molar-refractivity contribution in [1.29, 1.82) is 0 Å². The SMILES string of the molecule is COc1cc(C)ccc1C(=O)N/N=C\c1ccc(OS(=O)(=O)c2ccc([N+](=O)[O-])cc2)c(Br)c1. The number of hydrogen-bond acceptors (Lipinski definition) is 8. The summed E-state index contributed by atoms with van der Waals surface area (Å²) in [7, 11) is -2.74. The van der Waals surface area contributed by atoms with Crippen molar-refractivity contribution in [3.63, 3.8) is 0 Å². The third-order valence-corrected chi connectivity index (χ3v) is 6.34. The average molecular weight is 548 g/mol. The summed E-state index contributed by atoms with van der Waals surface area (Å²) in [4.78, 5) is 22.2. The van der Waals surface area contributed by atoms with Gasteiger partial charge in [-0.05, 0) is 76.4 Å². The number of non-ortho nitro benzene ring substituents is 1. The molecule has 12 heteroatoms. The van der Waals surface area contributed by atoms with E-state index in [0.29, 0.717) is 21.3 Å². The van der Waals surface area contributed by atoms with Crippen molar-refractivity contribution in [2.45, 2.75) is 11.8 Å². The van der Waals surface area contributed by atoms with E-state index in [9.17, 15) is 23.3 Å². The Balaban J connectivity index is 1.69. The van der Waals surface area contributed by atoms with Crippen molar-refractivity contribution in [2.75, 3.05) is 7.11 Å². The molecule has 0 aromatic heterocycles. The number of benzene rings is 3. The molecule has 10 nitrogen and oxygen atoms in total. The van der Waals surface area contributed by atoms with Crippen molar-refractivity contribution < 1.29 is 27.1 Å². The van der Waals surface area contributed by atoms with Crippen LogP contribution in [0.15, 0.2) is 75.1 Å². The molecule has 0 radical (unpaired) electrons. The Morgan fingerprint density at radius 2 is 1.79 bits per heavy atom. The molecule has 0 aliphatic heterocycles. The van der Waals surface area contributed by atoms with Crippen LogP contribution in [0, 0.1) is 17.0 Å². The molecule has 3 aromatic carbocycles. The molecule has 1 N–H and O–H groups in total. The van der Waals surface area contributed by atoms with Crippen LogP contribution in [0.2, 0.25) is 0 Å². The molecule has 3 rings (SSSR count). The molecule has 0 unspecified atom stereocenters. The summed E-state index contributed by atoms with van der Waals surface area (Å²) in [5.41, 5.74) is 3.98. The molecule has 0 heterocycles. The van der Waals surface area contributed by atoms with Gasteiger partial charge in [-0.2, -0.15) is 13.5 Å². The van der Waals surface area contributed by atoms with E-state index in [1.807, 2.05) is 6.92 Å². The number of hydrogen-bond donors (Lipinski definition) is 1. The minimum absolute atomic E-state index is 0.00364. The molecule has 176 valence electrons. The minimum Gasteiger partial charge on any atom is -0.496 e. The summed E-state index contributed by atoms with van der Waals surface area (Å²) in [5, 5.41) is 14.7. The third-order valence-electron chi connectivity index (χ3n) is 4.47. The number of nitrogens with one attached hydrogen (secondary N) is 1. The largest absolute Gasteiger partial charge is 0.496 e. The van der Waals surface area contributed by atoms with Crippen LogP contribution < -0.4 is 14.3 Å². The number of nitrogens with zero attached hydrogens (tertiary/aromatic N) is 2. The number of aryl methyl sites for hydroxylation is 1. The quantitative estimate of drug-likeness (QED) is 0.193. The lowest BCUT2D eigenvalue weighted by molar-refractivity contribution is -0.384. The number of nitro groups is 1. The summed E-state index contributed by atoms with van der Waals surface area (Å²) in [6.45, 7) is 1.88. The second-order valence-electron chi connectivity index (χ2n) is 6.88. The van der Waals surface area contributed by atoms with Crippen LogP contribution in [0.25, 0.3) is 0 Å². The highest BCUT2D eigenvalue weighted by molar-refractivity contribution is 9.10. The van der Waals surface area contributed by atoms with Gasteiger partial charge in [0.1, 0.15) is 10.6 Å². The number of amides is 1. The zero-order chi connectivity index (χ0) is 24.9. The number of ether oxygens (including phenoxy) is 1. The maximum Gasteiger partial charge on any atom is 0.339 e. The van der Waals surface area contributed by atoms with Crippen molar-refractivity contribution >= 4 is 43.9 Å². The van der Waals surface area contributed by atoms with Crippen LogP contribution in [0.1, 0.15) is 21.5 Å². The molecule has 1 amide bonds. The standard InChI is InChI=1S/C22H18BrN3O7S/c1-14-3-9-18(21(11-14)32-2)22(27)25-24-13-15-4-10-20(19(23)12-15)33-34(30,31)17-7-5-16(6-8-17)26(28)29/h3-13H,1-2H3,(H,25,27)/b24-13-. The van der Waals surface area contributed by atoms with Crippen LogP contribution in [-0.2, 0) is 10.1 Å². The number of nitro benzene ring substituents is 1. The van der Waals surface area contributed by atoms with E-state index >= 15 is 0 Å². The number of hydrazone groups is 1. The van der Waals surface area contributed by atoms with Crippen LogP contribution in [0.5, 0.6) is 11.5 Å². The van der Waals surface area contributed by atoms with E-state index in [1.54, 1.807) is 24.3 Å². The fourth-order valence-corrected chi connectivity index (χ4v) is 4.31. The first-order valence-electron chi connectivity index (χ1n) is 9.57. The highest BCUT2D eigenvalue weighted by atomic mass is 79.9. The number of methoxy groups -OCH3 is 1. The number of halogens is 1. The van der Waals surface area contributed by atoms with Crippen LogP contribution in [-0.4, -0.2) is 32.6 Å². The van der Waals surface area contributed by atoms with Gasteiger partial charge in [0, 0.05) is 12.1 Å². The van der Waals surface area contributed by atoms with E-state index in [4.69, 9.17) is 8.92 Å². The predicted octanol–water partition coefficient (Wildman–Crippen LogP) is 4.21. The second-order valence-corrected chi connectivity index (χ2v) is 9.28. The lowest BCUT2D eigenvalue weighted by atomic mass is 10.1. The van der Waals surface area contributed by atoms with Gasteiger partial charge < -0.3 is 8.92 Å². The third kappa shape index (κ3) is 5.97. The average Bonchev–Trinajstić information content (AvgIpc) is 2.80. The highest BCUT2D eigenvalue weighted by Gasteiger charge is 2.19. The molecule has 0 saturated carbocycles. The fourth-order valence-electron chi connectivity index (χ4n) is 2.78. The first-order valence-corrected chi connectivity index (χ1v) is 11.8. The fraction of sp³-hybridized carbons (Fsp3) is 0.0909. The molecule has 0 bridgehead atoms. The Labute approximate surface area is 203 Å². The van der Waals surface area contributed by atoms with E-state index in [1.165, 1.54) is 25.5 Å². The lowest BCUT2D eigenvalue weighted by Gasteiger charge is -2.09. The van der Waals surface area contributed by atoms with Crippen LogP contribution >= 0.6 is 15.9 Å². The zero-order valence-corrected chi connectivity index (χ0v) is 20.3. The molecular weight excluding hydrogens is 530 g/mol. The molecule has 0 aliphatic carbocycles. The van der Waals surface area contributed by atoms with Crippen LogP contribution in [0.3, 0.4) is 0 Å². The molecule has 0 aliphatic rings. The number of carbonyl (C=O) groups is 1. The van der Waals surface area contributed by atoms with E-state index in [0.717, 1.165) is 29.8 Å². The van der Waals surface area contributed by atoms with Crippen molar-refractivity contribution in [3.05, 3.63) is 91.9 Å². The van der Waals surface area contributed by atoms with E-state index in [2.05, 4.69) is 26.5 Å². The van der Waals surface area contributed by atoms with Gasteiger partial charge in [-0.15, -0.1) is 0 Å². The van der Waals surface area contributed by atoms with Gasteiger partial charge in [0.15, 0.2) is 5.75 Å². The maximum absolute atomic E-state index is 12.5. The van der Waals surface area contributed by atoms with Gasteiger partial charge in [0.2, 0.25) is 0 Å². The van der Waals surface area contributed by atoms with Gasteiger partial charge in [-0.1, -0.05) is 6.07 Å². The van der Waals surface area contributed by atoms with Gasteiger partial charge in [-0.25, -0.2) is 5.43 Å². The highest BCUT2D eigenvalue weighted by Crippen LogP contribution is 2.29. The van der Waals surface area contributed by atoms with Crippen molar-refractivity contribution in [3.8, 4) is 11.5 Å². The smallest absolute Gasteiger partial charge is 0.339 e. The Bertz CT molecular complexity index is 1370. The zero-order valence-electron chi connectivity index (χ0n) is 17.9. The Hall–Kier alpha value is -3.77.